The van der Waals surface area contributed by atoms with Gasteiger partial charge >= 0.3 is 0 Å². The van der Waals surface area contributed by atoms with Crippen LogP contribution in [-0.4, -0.2) is 39.0 Å². The van der Waals surface area contributed by atoms with Gasteiger partial charge in [0, 0.05) is 19.1 Å². The first-order chi connectivity index (χ1) is 10.5. The fraction of sp³-hybridized carbons (Fsp3) is 0.667. The number of aromatic amines is 1. The summed E-state index contributed by atoms with van der Waals surface area (Å²) in [7, 11) is 0. The van der Waals surface area contributed by atoms with Crippen LogP contribution in [0.2, 0.25) is 0 Å². The standard InChI is InChI=1S/C15H24N4O2S/c1-3-11(2)19-14(21)12(13(20)17-15(19)22)10-16-18-8-6-4-5-7-9-18/h10-11,21H,3-9H2,1-2H3,(H,17,20,22)/t11-/m1/s1. The van der Waals surface area contributed by atoms with E-state index in [-0.39, 0.29) is 22.3 Å². The van der Waals surface area contributed by atoms with Crippen LogP contribution >= 0.6 is 12.2 Å². The topological polar surface area (TPSA) is 73.6 Å². The van der Waals surface area contributed by atoms with E-state index >= 15 is 0 Å². The molecular formula is C15H24N4O2S. The van der Waals surface area contributed by atoms with Gasteiger partial charge in [0.2, 0.25) is 5.88 Å². The molecule has 1 fully saturated rings. The number of aromatic hydroxyl groups is 1. The van der Waals surface area contributed by atoms with Gasteiger partial charge in [0.05, 0.1) is 6.21 Å². The van der Waals surface area contributed by atoms with Gasteiger partial charge < -0.3 is 5.11 Å². The second-order valence-corrected chi connectivity index (χ2v) is 6.12. The molecule has 0 aliphatic carbocycles. The maximum absolute atomic E-state index is 12.1. The summed E-state index contributed by atoms with van der Waals surface area (Å²) >= 11 is 5.15. The Morgan fingerprint density at radius 3 is 2.59 bits per heavy atom. The van der Waals surface area contributed by atoms with Gasteiger partial charge in [0.15, 0.2) is 4.77 Å². The van der Waals surface area contributed by atoms with Crippen LogP contribution in [0.1, 0.15) is 57.6 Å². The summed E-state index contributed by atoms with van der Waals surface area (Å²) in [6.45, 7) is 5.73. The van der Waals surface area contributed by atoms with E-state index in [0.717, 1.165) is 32.4 Å². The molecule has 2 N–H and O–H groups in total. The summed E-state index contributed by atoms with van der Waals surface area (Å²) in [6.07, 6.45) is 6.91. The normalized spacial score (nSPS) is 17.6. The lowest BCUT2D eigenvalue weighted by Gasteiger charge is -2.18. The minimum atomic E-state index is -0.402. The Labute approximate surface area is 135 Å². The summed E-state index contributed by atoms with van der Waals surface area (Å²) in [5.41, 5.74) is -0.237. The summed E-state index contributed by atoms with van der Waals surface area (Å²) in [6, 6.07) is 0.00897. The van der Waals surface area contributed by atoms with Crippen molar-refractivity contribution in [3.8, 4) is 5.88 Å². The Morgan fingerprint density at radius 1 is 1.36 bits per heavy atom. The van der Waals surface area contributed by atoms with Gasteiger partial charge in [-0.1, -0.05) is 19.8 Å². The summed E-state index contributed by atoms with van der Waals surface area (Å²) in [4.78, 5) is 14.7. The predicted octanol–water partition coefficient (Wildman–Crippen LogP) is 2.79. The maximum atomic E-state index is 12.1. The van der Waals surface area contributed by atoms with Crippen LogP contribution in [0.25, 0.3) is 0 Å². The van der Waals surface area contributed by atoms with Crippen molar-refractivity contribution >= 4 is 18.4 Å². The van der Waals surface area contributed by atoms with Gasteiger partial charge in [-0.05, 0) is 38.4 Å². The summed E-state index contributed by atoms with van der Waals surface area (Å²) in [5.74, 6) is -0.110. The fourth-order valence-corrected chi connectivity index (χ4v) is 2.93. The highest BCUT2D eigenvalue weighted by Gasteiger charge is 2.15. The zero-order valence-corrected chi connectivity index (χ0v) is 14.0. The fourth-order valence-electron chi connectivity index (χ4n) is 2.57. The van der Waals surface area contributed by atoms with Crippen molar-refractivity contribution in [3.05, 3.63) is 20.7 Å². The zero-order valence-electron chi connectivity index (χ0n) is 13.2. The summed E-state index contributed by atoms with van der Waals surface area (Å²) < 4.78 is 1.81. The van der Waals surface area contributed by atoms with Crippen LogP contribution in [0.3, 0.4) is 0 Å². The van der Waals surface area contributed by atoms with Crippen molar-refractivity contribution in [3.63, 3.8) is 0 Å². The predicted molar refractivity (Wildman–Crippen MR) is 90.2 cm³/mol. The van der Waals surface area contributed by atoms with Crippen LogP contribution < -0.4 is 5.56 Å². The van der Waals surface area contributed by atoms with E-state index in [1.54, 1.807) is 4.57 Å². The van der Waals surface area contributed by atoms with E-state index in [4.69, 9.17) is 12.2 Å². The second kappa shape index (κ2) is 7.58. The molecule has 0 saturated carbocycles. The van der Waals surface area contributed by atoms with E-state index < -0.39 is 5.56 Å². The van der Waals surface area contributed by atoms with Crippen LogP contribution in [0.4, 0.5) is 0 Å². The lowest BCUT2D eigenvalue weighted by atomic mass is 10.2. The molecule has 0 bridgehead atoms. The first kappa shape index (κ1) is 16.7. The van der Waals surface area contributed by atoms with Crippen molar-refractivity contribution in [1.82, 2.24) is 14.6 Å². The molecule has 0 spiro atoms. The second-order valence-electron chi connectivity index (χ2n) is 5.74. The number of hydrazone groups is 1. The molecular weight excluding hydrogens is 300 g/mol. The molecule has 1 aliphatic heterocycles. The van der Waals surface area contributed by atoms with E-state index in [0.29, 0.717) is 0 Å². The van der Waals surface area contributed by atoms with Crippen molar-refractivity contribution < 1.29 is 5.11 Å². The van der Waals surface area contributed by atoms with Gasteiger partial charge in [0.25, 0.3) is 5.56 Å². The number of aromatic nitrogens is 2. The highest BCUT2D eigenvalue weighted by Crippen LogP contribution is 2.20. The lowest BCUT2D eigenvalue weighted by Crippen LogP contribution is -2.22. The number of nitrogens with one attached hydrogen (secondary N) is 1. The highest BCUT2D eigenvalue weighted by atomic mass is 32.1. The number of hydrogen-bond donors (Lipinski definition) is 2. The van der Waals surface area contributed by atoms with E-state index in [1.807, 2.05) is 18.9 Å². The molecule has 0 aromatic carbocycles. The van der Waals surface area contributed by atoms with Crippen LogP contribution in [0, 0.1) is 4.77 Å². The zero-order chi connectivity index (χ0) is 16.1. The third kappa shape index (κ3) is 3.76. The highest BCUT2D eigenvalue weighted by molar-refractivity contribution is 7.71. The molecule has 7 heteroatoms. The molecule has 0 unspecified atom stereocenters. The Kier molecular flexibility index (Phi) is 5.76. The first-order valence-electron chi connectivity index (χ1n) is 7.91. The number of rotatable bonds is 4. The minimum Gasteiger partial charge on any atom is -0.494 e. The van der Waals surface area contributed by atoms with Crippen molar-refractivity contribution in [2.24, 2.45) is 5.10 Å². The van der Waals surface area contributed by atoms with Gasteiger partial charge in [-0.15, -0.1) is 0 Å². The molecule has 2 heterocycles. The Balaban J connectivity index is 2.34. The third-order valence-corrected chi connectivity index (χ3v) is 4.42. The molecule has 122 valence electrons. The molecule has 1 aromatic heterocycles. The monoisotopic (exact) mass is 324 g/mol. The van der Waals surface area contributed by atoms with Gasteiger partial charge in [-0.25, -0.2) is 0 Å². The molecule has 1 saturated heterocycles. The lowest BCUT2D eigenvalue weighted by molar-refractivity contribution is 0.302. The smallest absolute Gasteiger partial charge is 0.264 e. The first-order valence-corrected chi connectivity index (χ1v) is 8.32. The molecule has 1 atom stereocenters. The number of H-pyrrole nitrogens is 1. The molecule has 6 nitrogen and oxygen atoms in total. The van der Waals surface area contributed by atoms with Crippen molar-refractivity contribution in [1.29, 1.82) is 0 Å². The third-order valence-electron chi connectivity index (χ3n) is 4.12. The van der Waals surface area contributed by atoms with E-state index in [1.165, 1.54) is 19.1 Å². The Morgan fingerprint density at radius 2 is 2.00 bits per heavy atom. The van der Waals surface area contributed by atoms with Gasteiger partial charge in [0.1, 0.15) is 5.56 Å². The van der Waals surface area contributed by atoms with E-state index in [2.05, 4.69) is 10.1 Å². The molecule has 2 rings (SSSR count). The van der Waals surface area contributed by atoms with Crippen molar-refractivity contribution in [2.45, 2.75) is 52.0 Å². The van der Waals surface area contributed by atoms with E-state index in [9.17, 15) is 9.90 Å². The summed E-state index contributed by atoms with van der Waals surface area (Å²) in [5, 5.41) is 16.7. The SMILES string of the molecule is CC[C@@H](C)n1c(O)c(C=NN2CCCCCC2)c(=O)[nH]c1=S. The molecule has 1 aromatic rings. The number of hydrogen-bond acceptors (Lipinski definition) is 5. The molecule has 22 heavy (non-hydrogen) atoms. The largest absolute Gasteiger partial charge is 0.494 e. The van der Waals surface area contributed by atoms with Crippen LogP contribution in [-0.2, 0) is 0 Å². The Hall–Kier alpha value is -1.63. The minimum absolute atomic E-state index is 0.00897. The van der Waals surface area contributed by atoms with Gasteiger partial charge in [-0.3, -0.25) is 19.4 Å². The maximum Gasteiger partial charge on any atom is 0.264 e. The average Bonchev–Trinajstić information content (AvgIpc) is 2.75. The van der Waals surface area contributed by atoms with Crippen molar-refractivity contribution in [2.75, 3.05) is 13.1 Å². The number of nitrogens with zero attached hydrogens (tertiary/aromatic N) is 3. The van der Waals surface area contributed by atoms with Crippen LogP contribution in [0.15, 0.2) is 9.90 Å². The van der Waals surface area contributed by atoms with Gasteiger partial charge in [-0.2, -0.15) is 5.10 Å². The average molecular weight is 324 g/mol. The molecule has 1 aliphatic rings. The quantitative estimate of drug-likeness (QED) is 0.660. The van der Waals surface area contributed by atoms with Crippen LogP contribution in [0.5, 0.6) is 5.88 Å². The Bertz CT molecular complexity index is 642. The molecule has 0 amide bonds. The molecule has 0 radical (unpaired) electrons.